The second kappa shape index (κ2) is 4.85. The lowest BCUT2D eigenvalue weighted by Crippen LogP contribution is -2.19. The van der Waals surface area contributed by atoms with Crippen LogP contribution in [0.25, 0.3) is 0 Å². The van der Waals surface area contributed by atoms with Crippen molar-refractivity contribution >= 4 is 34.7 Å². The molecule has 0 spiro atoms. The number of aromatic nitrogens is 2. The van der Waals surface area contributed by atoms with E-state index in [0.717, 1.165) is 5.69 Å². The summed E-state index contributed by atoms with van der Waals surface area (Å²) < 4.78 is 0. The van der Waals surface area contributed by atoms with Crippen LogP contribution in [0.15, 0.2) is 36.5 Å². The highest BCUT2D eigenvalue weighted by atomic mass is 35.5. The summed E-state index contributed by atoms with van der Waals surface area (Å²) in [7, 11) is 0. The number of hydrogen-bond acceptors (Lipinski definition) is 4. The molecule has 19 heavy (non-hydrogen) atoms. The van der Waals surface area contributed by atoms with Crippen LogP contribution in [0, 0.1) is 0 Å². The van der Waals surface area contributed by atoms with Gasteiger partial charge >= 0.3 is 0 Å². The number of carbonyl (C=O) groups excluding carboxylic acids is 1. The molecule has 0 saturated heterocycles. The van der Waals surface area contributed by atoms with E-state index in [1.165, 1.54) is 6.20 Å². The molecule has 1 aliphatic rings. The van der Waals surface area contributed by atoms with Crippen LogP contribution in [0.5, 0.6) is 0 Å². The number of hydrogen-bond donors (Lipinski definition) is 1. The van der Waals surface area contributed by atoms with Crippen LogP contribution < -0.4 is 10.2 Å². The first-order valence-electron chi connectivity index (χ1n) is 5.89. The highest BCUT2D eigenvalue weighted by Gasteiger charge is 2.22. The van der Waals surface area contributed by atoms with Crippen LogP contribution in [0.1, 0.15) is 6.42 Å². The lowest BCUT2D eigenvalue weighted by molar-refractivity contribution is -0.115. The van der Waals surface area contributed by atoms with Crippen molar-refractivity contribution in [2.45, 2.75) is 6.42 Å². The number of amides is 1. The van der Waals surface area contributed by atoms with Crippen molar-refractivity contribution < 1.29 is 4.79 Å². The SMILES string of the molecule is O=C1CCN(c2ccccc2)c2nc(Cl)ncc2N1. The third-order valence-corrected chi connectivity index (χ3v) is 3.08. The summed E-state index contributed by atoms with van der Waals surface area (Å²) in [5.41, 5.74) is 1.55. The van der Waals surface area contributed by atoms with Gasteiger partial charge < -0.3 is 10.2 Å². The van der Waals surface area contributed by atoms with E-state index in [1.54, 1.807) is 0 Å². The van der Waals surface area contributed by atoms with Crippen molar-refractivity contribution in [2.24, 2.45) is 0 Å². The van der Waals surface area contributed by atoms with E-state index in [2.05, 4.69) is 15.3 Å². The van der Waals surface area contributed by atoms with Crippen molar-refractivity contribution in [2.75, 3.05) is 16.8 Å². The molecule has 96 valence electrons. The Bertz CT molecular complexity index is 617. The molecule has 0 aliphatic carbocycles. The van der Waals surface area contributed by atoms with Gasteiger partial charge in [-0.05, 0) is 23.7 Å². The summed E-state index contributed by atoms with van der Waals surface area (Å²) in [4.78, 5) is 21.8. The predicted molar refractivity (Wildman–Crippen MR) is 73.7 cm³/mol. The zero-order valence-electron chi connectivity index (χ0n) is 10.0. The maximum Gasteiger partial charge on any atom is 0.226 e. The van der Waals surface area contributed by atoms with Crippen molar-refractivity contribution in [3.8, 4) is 0 Å². The number of halogens is 1. The van der Waals surface area contributed by atoms with Crippen LogP contribution in [0.4, 0.5) is 17.2 Å². The first-order chi connectivity index (χ1) is 9.24. The highest BCUT2D eigenvalue weighted by molar-refractivity contribution is 6.28. The second-order valence-corrected chi connectivity index (χ2v) is 4.50. The first kappa shape index (κ1) is 11.9. The smallest absolute Gasteiger partial charge is 0.226 e. The minimum atomic E-state index is -0.0504. The molecule has 0 atom stereocenters. The fourth-order valence-electron chi connectivity index (χ4n) is 2.04. The van der Waals surface area contributed by atoms with Gasteiger partial charge in [-0.15, -0.1) is 0 Å². The average molecular weight is 275 g/mol. The minimum Gasteiger partial charge on any atom is -0.324 e. The Morgan fingerprint density at radius 1 is 1.26 bits per heavy atom. The van der Waals surface area contributed by atoms with Crippen LogP contribution in [0.3, 0.4) is 0 Å². The zero-order valence-corrected chi connectivity index (χ0v) is 10.8. The molecule has 1 N–H and O–H groups in total. The summed E-state index contributed by atoms with van der Waals surface area (Å²) in [6, 6.07) is 9.76. The molecule has 1 aromatic carbocycles. The van der Waals surface area contributed by atoms with Crippen LogP contribution >= 0.6 is 11.6 Å². The van der Waals surface area contributed by atoms with Gasteiger partial charge in [0.1, 0.15) is 5.69 Å². The molecule has 0 saturated carbocycles. The van der Waals surface area contributed by atoms with Gasteiger partial charge in [-0.25, -0.2) is 4.98 Å². The van der Waals surface area contributed by atoms with Gasteiger partial charge in [-0.2, -0.15) is 4.98 Å². The van der Waals surface area contributed by atoms with Crippen molar-refractivity contribution in [1.82, 2.24) is 9.97 Å². The molecular weight excluding hydrogens is 264 g/mol. The molecule has 6 heteroatoms. The summed E-state index contributed by atoms with van der Waals surface area (Å²) in [6.07, 6.45) is 1.92. The monoisotopic (exact) mass is 274 g/mol. The van der Waals surface area contributed by atoms with Gasteiger partial charge in [0, 0.05) is 18.7 Å². The number of rotatable bonds is 1. The fourth-order valence-corrected chi connectivity index (χ4v) is 2.17. The summed E-state index contributed by atoms with van der Waals surface area (Å²) in [5, 5.41) is 2.95. The van der Waals surface area contributed by atoms with Crippen LogP contribution in [-0.4, -0.2) is 22.4 Å². The first-order valence-corrected chi connectivity index (χ1v) is 6.27. The molecule has 0 unspecified atom stereocenters. The average Bonchev–Trinajstić information content (AvgIpc) is 2.58. The maximum absolute atomic E-state index is 11.7. The lowest BCUT2D eigenvalue weighted by Gasteiger charge is -2.22. The number of carbonyl (C=O) groups is 1. The molecule has 2 aromatic rings. The predicted octanol–water partition coefficient (Wildman–Crippen LogP) is 2.61. The Morgan fingerprint density at radius 3 is 2.84 bits per heavy atom. The minimum absolute atomic E-state index is 0.0504. The summed E-state index contributed by atoms with van der Waals surface area (Å²) in [6.45, 7) is 0.552. The molecule has 0 fully saturated rings. The quantitative estimate of drug-likeness (QED) is 0.812. The number of benzene rings is 1. The number of nitrogens with zero attached hydrogens (tertiary/aromatic N) is 3. The molecule has 5 nitrogen and oxygen atoms in total. The lowest BCUT2D eigenvalue weighted by atomic mass is 10.2. The fraction of sp³-hybridized carbons (Fsp3) is 0.154. The van der Waals surface area contributed by atoms with Crippen molar-refractivity contribution in [1.29, 1.82) is 0 Å². The van der Waals surface area contributed by atoms with E-state index in [0.29, 0.717) is 24.5 Å². The largest absolute Gasteiger partial charge is 0.324 e. The van der Waals surface area contributed by atoms with E-state index in [-0.39, 0.29) is 11.2 Å². The van der Waals surface area contributed by atoms with Crippen molar-refractivity contribution in [3.63, 3.8) is 0 Å². The van der Waals surface area contributed by atoms with Crippen molar-refractivity contribution in [3.05, 3.63) is 41.8 Å². The van der Waals surface area contributed by atoms with Crippen LogP contribution in [-0.2, 0) is 4.79 Å². The Hall–Kier alpha value is -2.14. The van der Waals surface area contributed by atoms with Gasteiger partial charge in [-0.3, -0.25) is 4.79 Å². The van der Waals surface area contributed by atoms with Gasteiger partial charge in [0.2, 0.25) is 11.2 Å². The molecule has 0 radical (unpaired) electrons. The van der Waals surface area contributed by atoms with Crippen LogP contribution in [0.2, 0.25) is 5.28 Å². The van der Waals surface area contributed by atoms with E-state index in [9.17, 15) is 4.79 Å². The van der Waals surface area contributed by atoms with E-state index >= 15 is 0 Å². The third-order valence-electron chi connectivity index (χ3n) is 2.90. The normalized spacial score (nSPS) is 14.6. The van der Waals surface area contributed by atoms with Gasteiger partial charge in [0.15, 0.2) is 5.82 Å². The third kappa shape index (κ3) is 2.37. The second-order valence-electron chi connectivity index (χ2n) is 4.16. The Balaban J connectivity index is 2.11. The van der Waals surface area contributed by atoms with E-state index in [1.807, 2.05) is 35.2 Å². The van der Waals surface area contributed by atoms with Gasteiger partial charge in [-0.1, -0.05) is 18.2 Å². The Labute approximate surface area is 115 Å². The number of nitrogens with one attached hydrogen (secondary N) is 1. The topological polar surface area (TPSA) is 58.1 Å². The maximum atomic E-state index is 11.7. The molecule has 1 aliphatic heterocycles. The standard InChI is InChI=1S/C13H11ClN4O/c14-13-15-8-10-12(17-13)18(7-6-11(19)16-10)9-4-2-1-3-5-9/h1-5,8H,6-7H2,(H,16,19). The number of anilines is 3. The Kier molecular flexibility index (Phi) is 3.05. The summed E-state index contributed by atoms with van der Waals surface area (Å²) >= 11 is 5.86. The number of para-hydroxylation sites is 1. The molecular formula is C13H11ClN4O. The van der Waals surface area contributed by atoms with E-state index < -0.39 is 0 Å². The summed E-state index contributed by atoms with van der Waals surface area (Å²) in [5.74, 6) is 0.572. The highest BCUT2D eigenvalue weighted by Crippen LogP contribution is 2.32. The zero-order chi connectivity index (χ0) is 13.2. The molecule has 1 aromatic heterocycles. The van der Waals surface area contributed by atoms with Gasteiger partial charge in [0.05, 0.1) is 6.20 Å². The molecule has 3 rings (SSSR count). The van der Waals surface area contributed by atoms with Gasteiger partial charge in [0.25, 0.3) is 0 Å². The Morgan fingerprint density at radius 2 is 2.05 bits per heavy atom. The number of fused-ring (bicyclic) bond motifs is 1. The molecule has 2 heterocycles. The van der Waals surface area contributed by atoms with E-state index in [4.69, 9.17) is 11.6 Å². The molecule has 0 bridgehead atoms. The molecule has 1 amide bonds.